The van der Waals surface area contributed by atoms with Crippen LogP contribution in [0.25, 0.3) is 0 Å². The highest BCUT2D eigenvalue weighted by Crippen LogP contribution is 2.28. The highest BCUT2D eigenvalue weighted by molar-refractivity contribution is 7.09. The first kappa shape index (κ1) is 14.9. The Labute approximate surface area is 124 Å². The zero-order valence-corrected chi connectivity index (χ0v) is 12.9. The number of benzene rings is 1. The van der Waals surface area contributed by atoms with E-state index in [9.17, 15) is 5.11 Å². The van der Waals surface area contributed by atoms with Gasteiger partial charge < -0.3 is 15.2 Å². The van der Waals surface area contributed by atoms with Crippen LogP contribution in [0.15, 0.2) is 35.7 Å². The van der Waals surface area contributed by atoms with Gasteiger partial charge in [-0.3, -0.25) is 0 Å². The molecule has 0 amide bonds. The summed E-state index contributed by atoms with van der Waals surface area (Å²) in [5, 5.41) is 15.7. The Kier molecular flexibility index (Phi) is 5.04. The van der Waals surface area contributed by atoms with Gasteiger partial charge in [0.1, 0.15) is 11.5 Å². The lowest BCUT2D eigenvalue weighted by molar-refractivity contribution is 0.401. The van der Waals surface area contributed by atoms with Crippen molar-refractivity contribution in [2.75, 3.05) is 7.11 Å². The van der Waals surface area contributed by atoms with E-state index in [1.54, 1.807) is 24.5 Å². The predicted octanol–water partition coefficient (Wildman–Crippen LogP) is 3.74. The average Bonchev–Trinajstić information content (AvgIpc) is 2.90. The van der Waals surface area contributed by atoms with Gasteiger partial charge in [-0.25, -0.2) is 0 Å². The van der Waals surface area contributed by atoms with Gasteiger partial charge in [0.05, 0.1) is 7.11 Å². The highest BCUT2D eigenvalue weighted by Gasteiger charge is 2.14. The molecule has 1 heterocycles. The molecule has 1 aromatic carbocycles. The predicted molar refractivity (Wildman–Crippen MR) is 83.7 cm³/mol. The Morgan fingerprint density at radius 1 is 1.30 bits per heavy atom. The van der Waals surface area contributed by atoms with Crippen LogP contribution in [0.2, 0.25) is 0 Å². The Morgan fingerprint density at radius 2 is 2.10 bits per heavy atom. The Hall–Kier alpha value is -1.52. The van der Waals surface area contributed by atoms with Crippen LogP contribution < -0.4 is 10.1 Å². The van der Waals surface area contributed by atoms with Gasteiger partial charge in [0.15, 0.2) is 0 Å². The molecule has 0 bridgehead atoms. The molecule has 2 atom stereocenters. The topological polar surface area (TPSA) is 41.5 Å². The lowest BCUT2D eigenvalue weighted by Crippen LogP contribution is -2.30. The van der Waals surface area contributed by atoms with Crippen LogP contribution >= 0.6 is 11.3 Å². The van der Waals surface area contributed by atoms with Crippen LogP contribution in [-0.4, -0.2) is 18.3 Å². The maximum absolute atomic E-state index is 10.0. The molecule has 0 aliphatic heterocycles. The normalized spacial score (nSPS) is 13.9. The number of hydrogen-bond donors (Lipinski definition) is 2. The van der Waals surface area contributed by atoms with Gasteiger partial charge in [-0.15, -0.1) is 11.3 Å². The third kappa shape index (κ3) is 3.74. The van der Waals surface area contributed by atoms with Crippen molar-refractivity contribution in [2.45, 2.75) is 32.4 Å². The molecule has 1 aromatic heterocycles. The van der Waals surface area contributed by atoms with Crippen molar-refractivity contribution in [2.24, 2.45) is 0 Å². The highest BCUT2D eigenvalue weighted by atomic mass is 32.1. The molecular formula is C16H21NO2S. The first-order valence-electron chi connectivity index (χ1n) is 6.75. The molecule has 0 radical (unpaired) electrons. The largest absolute Gasteiger partial charge is 0.507 e. The van der Waals surface area contributed by atoms with E-state index < -0.39 is 0 Å². The van der Waals surface area contributed by atoms with Gasteiger partial charge in [-0.1, -0.05) is 12.1 Å². The first-order chi connectivity index (χ1) is 9.60. The van der Waals surface area contributed by atoms with Gasteiger partial charge in [-0.2, -0.15) is 0 Å². The molecule has 0 aliphatic rings. The van der Waals surface area contributed by atoms with Gasteiger partial charge in [0, 0.05) is 28.6 Å². The number of ether oxygens (including phenoxy) is 1. The zero-order chi connectivity index (χ0) is 14.5. The molecule has 4 heteroatoms. The number of rotatable bonds is 6. The second-order valence-electron chi connectivity index (χ2n) is 5.00. The summed E-state index contributed by atoms with van der Waals surface area (Å²) in [5.74, 6) is 0.942. The molecule has 2 rings (SSSR count). The van der Waals surface area contributed by atoms with Crippen molar-refractivity contribution in [3.63, 3.8) is 0 Å². The number of thiophene rings is 1. The van der Waals surface area contributed by atoms with Crippen LogP contribution in [0.3, 0.4) is 0 Å². The number of phenols is 1. The van der Waals surface area contributed by atoms with Gasteiger partial charge >= 0.3 is 0 Å². The molecule has 0 spiro atoms. The number of nitrogens with one attached hydrogen (secondary N) is 1. The van der Waals surface area contributed by atoms with E-state index >= 15 is 0 Å². The molecule has 0 saturated carbocycles. The molecule has 3 nitrogen and oxygen atoms in total. The molecule has 2 aromatic rings. The third-order valence-corrected chi connectivity index (χ3v) is 4.22. The minimum Gasteiger partial charge on any atom is -0.507 e. The summed E-state index contributed by atoms with van der Waals surface area (Å²) in [6.45, 7) is 4.23. The minimum atomic E-state index is 0.0934. The fraction of sp³-hybridized carbons (Fsp3) is 0.375. The van der Waals surface area contributed by atoms with Gasteiger partial charge in [0.25, 0.3) is 0 Å². The van der Waals surface area contributed by atoms with E-state index in [4.69, 9.17) is 4.74 Å². The smallest absolute Gasteiger partial charge is 0.124 e. The molecule has 20 heavy (non-hydrogen) atoms. The maximum atomic E-state index is 10.0. The summed E-state index contributed by atoms with van der Waals surface area (Å²) in [4.78, 5) is 1.37. The van der Waals surface area contributed by atoms with Crippen LogP contribution in [0.4, 0.5) is 0 Å². The number of hydrogen-bond acceptors (Lipinski definition) is 4. The third-order valence-electron chi connectivity index (χ3n) is 3.33. The summed E-state index contributed by atoms with van der Waals surface area (Å²) in [6, 6.07) is 10.1. The summed E-state index contributed by atoms with van der Waals surface area (Å²) in [7, 11) is 1.60. The van der Waals surface area contributed by atoms with E-state index in [1.807, 2.05) is 12.1 Å². The molecule has 0 aliphatic carbocycles. The second-order valence-corrected chi connectivity index (χ2v) is 6.03. The number of aromatic hydroxyl groups is 1. The van der Waals surface area contributed by atoms with Crippen molar-refractivity contribution in [1.82, 2.24) is 5.32 Å². The Balaban J connectivity index is 1.98. The maximum Gasteiger partial charge on any atom is 0.124 e. The summed E-state index contributed by atoms with van der Waals surface area (Å²) in [6.07, 6.45) is 0.999. The molecule has 2 unspecified atom stereocenters. The summed E-state index contributed by atoms with van der Waals surface area (Å²) >= 11 is 1.78. The van der Waals surface area contributed by atoms with Crippen LogP contribution in [0.1, 0.15) is 30.3 Å². The second kappa shape index (κ2) is 6.77. The van der Waals surface area contributed by atoms with Crippen molar-refractivity contribution in [3.05, 3.63) is 46.2 Å². The van der Waals surface area contributed by atoms with Gasteiger partial charge in [0.2, 0.25) is 0 Å². The van der Waals surface area contributed by atoms with E-state index in [0.717, 1.165) is 12.0 Å². The van der Waals surface area contributed by atoms with Crippen molar-refractivity contribution in [1.29, 1.82) is 0 Å². The molecule has 0 saturated heterocycles. The fourth-order valence-corrected chi connectivity index (χ4v) is 3.16. The lowest BCUT2D eigenvalue weighted by atomic mass is 10.1. The van der Waals surface area contributed by atoms with E-state index in [0.29, 0.717) is 11.8 Å². The van der Waals surface area contributed by atoms with Crippen LogP contribution in [-0.2, 0) is 6.42 Å². The van der Waals surface area contributed by atoms with E-state index in [1.165, 1.54) is 4.88 Å². The van der Waals surface area contributed by atoms with Crippen molar-refractivity contribution >= 4 is 11.3 Å². The minimum absolute atomic E-state index is 0.0934. The van der Waals surface area contributed by atoms with Gasteiger partial charge in [-0.05, 0) is 37.8 Å². The summed E-state index contributed by atoms with van der Waals surface area (Å²) in [5.41, 5.74) is 0.892. The van der Waals surface area contributed by atoms with Crippen LogP contribution in [0, 0.1) is 0 Å². The number of phenolic OH excluding ortho intramolecular Hbond substituents is 1. The monoisotopic (exact) mass is 291 g/mol. The first-order valence-corrected chi connectivity index (χ1v) is 7.63. The van der Waals surface area contributed by atoms with Crippen molar-refractivity contribution in [3.8, 4) is 11.5 Å². The lowest BCUT2D eigenvalue weighted by Gasteiger charge is -2.21. The molecule has 108 valence electrons. The average molecular weight is 291 g/mol. The number of methoxy groups -OCH3 is 1. The zero-order valence-electron chi connectivity index (χ0n) is 12.1. The summed E-state index contributed by atoms with van der Waals surface area (Å²) < 4.78 is 5.10. The Morgan fingerprint density at radius 3 is 2.70 bits per heavy atom. The van der Waals surface area contributed by atoms with Crippen LogP contribution in [0.5, 0.6) is 11.5 Å². The van der Waals surface area contributed by atoms with Crippen molar-refractivity contribution < 1.29 is 9.84 Å². The molecule has 0 fully saturated rings. The molecular weight excluding hydrogens is 270 g/mol. The standard InChI is InChI=1S/C16H21NO2S/c1-11(9-14-5-4-8-20-14)17-12(2)15-7-6-13(19-3)10-16(15)18/h4-8,10-12,17-18H,9H2,1-3H3. The fourth-order valence-electron chi connectivity index (χ4n) is 2.32. The SMILES string of the molecule is COc1ccc(C(C)NC(C)Cc2cccs2)c(O)c1. The van der Waals surface area contributed by atoms with E-state index in [-0.39, 0.29) is 11.8 Å². The molecule has 2 N–H and O–H groups in total. The van der Waals surface area contributed by atoms with E-state index in [2.05, 4.69) is 36.7 Å². The quantitative estimate of drug-likeness (QED) is 0.852. The Bertz CT molecular complexity index is 539.